The second-order valence-electron chi connectivity index (χ2n) is 4.10. The van der Waals surface area contributed by atoms with Crippen LogP contribution in [0.5, 0.6) is 5.75 Å². The number of nitrogens with two attached hydrogens (primary N) is 1. The summed E-state index contributed by atoms with van der Waals surface area (Å²) in [6.07, 6.45) is 2.74. The third-order valence-electron chi connectivity index (χ3n) is 2.44. The van der Waals surface area contributed by atoms with Crippen molar-refractivity contribution in [3.05, 3.63) is 42.2 Å². The molecule has 2 N–H and O–H groups in total. The average molecular weight is 275 g/mol. The molecular formula is C14H17N3OS. The number of hydrogen-bond donors (Lipinski definition) is 1. The first-order valence-electron chi connectivity index (χ1n) is 6.15. The second-order valence-corrected chi connectivity index (χ2v) is 5.16. The molecule has 1 heterocycles. The number of aromatic nitrogens is 2. The van der Waals surface area contributed by atoms with Crippen molar-refractivity contribution in [2.24, 2.45) is 0 Å². The molecule has 5 heteroatoms. The van der Waals surface area contributed by atoms with E-state index in [0.29, 0.717) is 6.61 Å². The van der Waals surface area contributed by atoms with Gasteiger partial charge in [-0.15, -0.1) is 0 Å². The Morgan fingerprint density at radius 3 is 2.74 bits per heavy atom. The van der Waals surface area contributed by atoms with Crippen molar-refractivity contribution in [2.45, 2.75) is 18.5 Å². The highest BCUT2D eigenvalue weighted by molar-refractivity contribution is 7.99. The third-order valence-corrected chi connectivity index (χ3v) is 3.39. The Hall–Kier alpha value is -1.75. The Morgan fingerprint density at radius 1 is 1.21 bits per heavy atom. The number of benzene rings is 1. The zero-order valence-electron chi connectivity index (χ0n) is 10.9. The largest absolute Gasteiger partial charge is 0.494 e. The molecule has 19 heavy (non-hydrogen) atoms. The van der Waals surface area contributed by atoms with Gasteiger partial charge in [0.1, 0.15) is 5.75 Å². The van der Waals surface area contributed by atoms with E-state index in [-0.39, 0.29) is 0 Å². The lowest BCUT2D eigenvalue weighted by atomic mass is 10.3. The molecule has 1 aromatic carbocycles. The maximum atomic E-state index is 5.61. The standard InChI is InChI=1S/C14H17N3OS/c1-11-7-8-16-14(17-11)19-10-2-9-18-13-5-3-12(15)4-6-13/h3-8H,2,9-10,15H2,1H3. The number of nitrogen functional groups attached to an aromatic ring is 1. The highest BCUT2D eigenvalue weighted by atomic mass is 32.2. The van der Waals surface area contributed by atoms with Gasteiger partial charge < -0.3 is 10.5 Å². The maximum Gasteiger partial charge on any atom is 0.187 e. The SMILES string of the molecule is Cc1ccnc(SCCCOc2ccc(N)cc2)n1. The lowest BCUT2D eigenvalue weighted by molar-refractivity contribution is 0.319. The molecule has 0 aliphatic rings. The van der Waals surface area contributed by atoms with Gasteiger partial charge in [-0.2, -0.15) is 0 Å². The van der Waals surface area contributed by atoms with Crippen LogP contribution in [-0.2, 0) is 0 Å². The number of aryl methyl sites for hydroxylation is 1. The zero-order chi connectivity index (χ0) is 13.5. The Bertz CT molecular complexity index is 516. The van der Waals surface area contributed by atoms with Crippen LogP contribution in [0.25, 0.3) is 0 Å². The predicted octanol–water partition coefficient (Wildman–Crippen LogP) is 2.93. The normalized spacial score (nSPS) is 10.4. The van der Waals surface area contributed by atoms with Gasteiger partial charge in [-0.3, -0.25) is 0 Å². The third kappa shape index (κ3) is 4.79. The van der Waals surface area contributed by atoms with Crippen LogP contribution in [0.3, 0.4) is 0 Å². The molecule has 0 fully saturated rings. The van der Waals surface area contributed by atoms with Crippen LogP contribution >= 0.6 is 11.8 Å². The van der Waals surface area contributed by atoms with Crippen LogP contribution in [-0.4, -0.2) is 22.3 Å². The molecule has 0 saturated heterocycles. The van der Waals surface area contributed by atoms with E-state index in [1.54, 1.807) is 18.0 Å². The van der Waals surface area contributed by atoms with Crippen LogP contribution in [0.15, 0.2) is 41.7 Å². The molecule has 2 aromatic rings. The Labute approximate surface area is 117 Å². The number of hydrogen-bond acceptors (Lipinski definition) is 5. The van der Waals surface area contributed by atoms with Crippen molar-refractivity contribution in [2.75, 3.05) is 18.1 Å². The van der Waals surface area contributed by atoms with E-state index in [9.17, 15) is 0 Å². The van der Waals surface area contributed by atoms with Gasteiger partial charge in [0.15, 0.2) is 5.16 Å². The van der Waals surface area contributed by atoms with Crippen molar-refractivity contribution in [1.82, 2.24) is 9.97 Å². The Balaban J connectivity index is 1.66. The first-order chi connectivity index (χ1) is 9.24. The first kappa shape index (κ1) is 13.7. The minimum Gasteiger partial charge on any atom is -0.494 e. The summed E-state index contributed by atoms with van der Waals surface area (Å²) in [6, 6.07) is 9.34. The smallest absolute Gasteiger partial charge is 0.187 e. The molecule has 4 nitrogen and oxygen atoms in total. The van der Waals surface area contributed by atoms with E-state index >= 15 is 0 Å². The molecule has 0 spiro atoms. The summed E-state index contributed by atoms with van der Waals surface area (Å²) in [5, 5.41) is 0.826. The van der Waals surface area contributed by atoms with Crippen molar-refractivity contribution in [1.29, 1.82) is 0 Å². The van der Waals surface area contributed by atoms with E-state index in [1.807, 2.05) is 37.3 Å². The number of thioether (sulfide) groups is 1. The summed E-state index contributed by atoms with van der Waals surface area (Å²) in [5.74, 6) is 1.80. The molecule has 0 aliphatic heterocycles. The van der Waals surface area contributed by atoms with Crippen LogP contribution in [0, 0.1) is 6.92 Å². The van der Waals surface area contributed by atoms with Gasteiger partial charge in [0.05, 0.1) is 6.61 Å². The molecule has 0 atom stereocenters. The lowest BCUT2D eigenvalue weighted by Crippen LogP contribution is -1.99. The summed E-state index contributed by atoms with van der Waals surface area (Å²) in [4.78, 5) is 8.54. The van der Waals surface area contributed by atoms with Gasteiger partial charge in [-0.05, 0) is 43.7 Å². The number of rotatable bonds is 6. The average Bonchev–Trinajstić information content (AvgIpc) is 2.41. The molecule has 0 amide bonds. The quantitative estimate of drug-likeness (QED) is 0.380. The molecule has 2 rings (SSSR count). The van der Waals surface area contributed by atoms with Gasteiger partial charge in [0.25, 0.3) is 0 Å². The van der Waals surface area contributed by atoms with Gasteiger partial charge >= 0.3 is 0 Å². The fourth-order valence-corrected chi connectivity index (χ4v) is 2.26. The van der Waals surface area contributed by atoms with Crippen LogP contribution < -0.4 is 10.5 Å². The molecule has 100 valence electrons. The summed E-state index contributed by atoms with van der Waals surface area (Å²) in [6.45, 7) is 2.65. The molecule has 0 radical (unpaired) electrons. The van der Waals surface area contributed by atoms with E-state index in [4.69, 9.17) is 10.5 Å². The van der Waals surface area contributed by atoms with Gasteiger partial charge in [0, 0.05) is 23.3 Å². The zero-order valence-corrected chi connectivity index (χ0v) is 11.7. The van der Waals surface area contributed by atoms with Gasteiger partial charge in [0.2, 0.25) is 0 Å². The van der Waals surface area contributed by atoms with Crippen molar-refractivity contribution in [3.8, 4) is 5.75 Å². The molecule has 0 saturated carbocycles. The fraction of sp³-hybridized carbons (Fsp3) is 0.286. The highest BCUT2D eigenvalue weighted by Crippen LogP contribution is 2.15. The Morgan fingerprint density at radius 2 is 2.00 bits per heavy atom. The van der Waals surface area contributed by atoms with Crippen LogP contribution in [0.2, 0.25) is 0 Å². The maximum absolute atomic E-state index is 5.61. The van der Waals surface area contributed by atoms with Gasteiger partial charge in [-0.25, -0.2) is 9.97 Å². The fourth-order valence-electron chi connectivity index (χ4n) is 1.47. The number of ether oxygens (including phenoxy) is 1. The summed E-state index contributed by atoms with van der Waals surface area (Å²) < 4.78 is 5.61. The molecule has 0 unspecified atom stereocenters. The minimum atomic E-state index is 0.683. The van der Waals surface area contributed by atoms with Gasteiger partial charge in [-0.1, -0.05) is 11.8 Å². The van der Waals surface area contributed by atoms with Crippen molar-refractivity contribution >= 4 is 17.4 Å². The summed E-state index contributed by atoms with van der Waals surface area (Å²) >= 11 is 1.65. The van der Waals surface area contributed by atoms with Crippen molar-refractivity contribution in [3.63, 3.8) is 0 Å². The monoisotopic (exact) mass is 275 g/mol. The van der Waals surface area contributed by atoms with Crippen LogP contribution in [0.4, 0.5) is 5.69 Å². The first-order valence-corrected chi connectivity index (χ1v) is 7.13. The number of anilines is 1. The number of nitrogens with zero attached hydrogens (tertiary/aromatic N) is 2. The summed E-state index contributed by atoms with van der Waals surface area (Å²) in [7, 11) is 0. The molecular weight excluding hydrogens is 258 g/mol. The second kappa shape index (κ2) is 6.99. The topological polar surface area (TPSA) is 61.0 Å². The molecule has 0 bridgehead atoms. The molecule has 1 aromatic heterocycles. The van der Waals surface area contributed by atoms with Crippen LogP contribution in [0.1, 0.15) is 12.1 Å². The highest BCUT2D eigenvalue weighted by Gasteiger charge is 1.98. The predicted molar refractivity (Wildman–Crippen MR) is 78.5 cm³/mol. The van der Waals surface area contributed by atoms with E-state index in [0.717, 1.165) is 34.5 Å². The van der Waals surface area contributed by atoms with E-state index < -0.39 is 0 Å². The lowest BCUT2D eigenvalue weighted by Gasteiger charge is -2.06. The Kier molecular flexibility index (Phi) is 5.03. The van der Waals surface area contributed by atoms with E-state index in [2.05, 4.69) is 9.97 Å². The summed E-state index contributed by atoms with van der Waals surface area (Å²) in [5.41, 5.74) is 7.35. The van der Waals surface area contributed by atoms with Crippen molar-refractivity contribution < 1.29 is 4.74 Å². The molecule has 0 aliphatic carbocycles. The van der Waals surface area contributed by atoms with E-state index in [1.165, 1.54) is 0 Å². The minimum absolute atomic E-state index is 0.683.